The van der Waals surface area contributed by atoms with Gasteiger partial charge in [-0.05, 0) is 18.8 Å². The van der Waals surface area contributed by atoms with Crippen molar-refractivity contribution < 1.29 is 9.53 Å². The molecule has 0 heterocycles. The summed E-state index contributed by atoms with van der Waals surface area (Å²) in [5.41, 5.74) is 0. The van der Waals surface area contributed by atoms with Gasteiger partial charge in [-0.3, -0.25) is 4.79 Å². The highest BCUT2D eigenvalue weighted by atomic mass is 16.5. The van der Waals surface area contributed by atoms with Crippen molar-refractivity contribution >= 4 is 5.97 Å². The van der Waals surface area contributed by atoms with Gasteiger partial charge in [0.25, 0.3) is 0 Å². The molecule has 0 amide bonds. The molecule has 2 unspecified atom stereocenters. The Labute approximate surface area is 106 Å². The van der Waals surface area contributed by atoms with E-state index in [1.165, 1.54) is 51.4 Å². The summed E-state index contributed by atoms with van der Waals surface area (Å²) in [5.74, 6) is 0.651. The molecule has 1 fully saturated rings. The quantitative estimate of drug-likeness (QED) is 0.416. The summed E-state index contributed by atoms with van der Waals surface area (Å²) < 4.78 is 5.29. The summed E-state index contributed by atoms with van der Waals surface area (Å²) in [7, 11) is 0. The van der Waals surface area contributed by atoms with E-state index in [4.69, 9.17) is 4.74 Å². The number of hydrogen-bond donors (Lipinski definition) is 0. The van der Waals surface area contributed by atoms with E-state index >= 15 is 0 Å². The van der Waals surface area contributed by atoms with Crippen LogP contribution < -0.4 is 0 Å². The molecule has 2 atom stereocenters. The summed E-state index contributed by atoms with van der Waals surface area (Å²) in [4.78, 5) is 11.1. The fraction of sp³-hybridized carbons (Fsp3) is 0.933. The van der Waals surface area contributed by atoms with Crippen LogP contribution in [0.25, 0.3) is 0 Å². The summed E-state index contributed by atoms with van der Waals surface area (Å²) >= 11 is 0. The second-order valence-electron chi connectivity index (χ2n) is 5.29. The Hall–Kier alpha value is -0.530. The molecule has 0 N–H and O–H groups in total. The van der Waals surface area contributed by atoms with Crippen LogP contribution in [-0.2, 0) is 9.53 Å². The largest absolute Gasteiger partial charge is 0.462 e. The van der Waals surface area contributed by atoms with Gasteiger partial charge >= 0.3 is 5.97 Å². The maximum Gasteiger partial charge on any atom is 0.305 e. The molecule has 0 bridgehead atoms. The van der Waals surface area contributed by atoms with Gasteiger partial charge in [-0.1, -0.05) is 58.8 Å². The van der Waals surface area contributed by atoms with Crippen molar-refractivity contribution in [2.45, 2.75) is 84.2 Å². The second-order valence-corrected chi connectivity index (χ2v) is 5.29. The number of rotatable bonds is 10. The Bertz CT molecular complexity index is 213. The lowest BCUT2D eigenvalue weighted by atomic mass is 10.1. The minimum Gasteiger partial charge on any atom is -0.462 e. The van der Waals surface area contributed by atoms with Crippen LogP contribution in [0.15, 0.2) is 0 Å². The van der Waals surface area contributed by atoms with Gasteiger partial charge in [0, 0.05) is 6.42 Å². The number of ether oxygens (including phenoxy) is 1. The molecule has 1 saturated carbocycles. The first-order valence-corrected chi connectivity index (χ1v) is 7.47. The van der Waals surface area contributed by atoms with Crippen LogP contribution in [0.5, 0.6) is 0 Å². The fourth-order valence-electron chi connectivity index (χ4n) is 2.28. The predicted octanol–water partition coefficient (Wildman–Crippen LogP) is 4.47. The van der Waals surface area contributed by atoms with E-state index in [0.717, 1.165) is 6.42 Å². The molecule has 1 rings (SSSR count). The Morgan fingerprint density at radius 3 is 2.35 bits per heavy atom. The first-order chi connectivity index (χ1) is 8.27. The van der Waals surface area contributed by atoms with Crippen LogP contribution in [0, 0.1) is 5.92 Å². The highest BCUT2D eigenvalue weighted by molar-refractivity contribution is 5.69. The first kappa shape index (κ1) is 14.5. The lowest BCUT2D eigenvalue weighted by Crippen LogP contribution is -2.05. The summed E-state index contributed by atoms with van der Waals surface area (Å²) in [6.45, 7) is 4.11. The number of carbonyl (C=O) groups excluding carboxylic acids is 1. The SMILES string of the molecule is CCCCCCCCCC1CC1OC(=O)CC. The van der Waals surface area contributed by atoms with E-state index in [1.54, 1.807) is 0 Å². The molecule has 0 aliphatic heterocycles. The first-order valence-electron chi connectivity index (χ1n) is 7.47. The Kier molecular flexibility index (Phi) is 7.30. The van der Waals surface area contributed by atoms with Gasteiger partial charge in [-0.25, -0.2) is 0 Å². The highest BCUT2D eigenvalue weighted by Crippen LogP contribution is 2.38. The van der Waals surface area contributed by atoms with E-state index in [-0.39, 0.29) is 12.1 Å². The Balaban J connectivity index is 1.84. The predicted molar refractivity (Wildman–Crippen MR) is 70.9 cm³/mol. The molecule has 17 heavy (non-hydrogen) atoms. The van der Waals surface area contributed by atoms with Gasteiger partial charge in [0.05, 0.1) is 0 Å². The van der Waals surface area contributed by atoms with Crippen molar-refractivity contribution in [2.24, 2.45) is 5.92 Å². The van der Waals surface area contributed by atoms with Crippen molar-refractivity contribution in [1.29, 1.82) is 0 Å². The smallest absolute Gasteiger partial charge is 0.305 e. The molecule has 2 heteroatoms. The minimum atomic E-state index is -0.0305. The van der Waals surface area contributed by atoms with Crippen LogP contribution in [0.1, 0.15) is 78.1 Å². The molecule has 1 aliphatic rings. The molecular formula is C15H28O2. The highest BCUT2D eigenvalue weighted by Gasteiger charge is 2.39. The molecule has 1 aliphatic carbocycles. The molecular weight excluding hydrogens is 212 g/mol. The third-order valence-corrected chi connectivity index (χ3v) is 3.61. The number of esters is 1. The maximum atomic E-state index is 11.1. The van der Waals surface area contributed by atoms with E-state index in [0.29, 0.717) is 12.3 Å². The van der Waals surface area contributed by atoms with Crippen LogP contribution in [0.4, 0.5) is 0 Å². The lowest BCUT2D eigenvalue weighted by molar-refractivity contribution is -0.145. The lowest BCUT2D eigenvalue weighted by Gasteiger charge is -2.03. The average molecular weight is 240 g/mol. The molecule has 0 aromatic heterocycles. The van der Waals surface area contributed by atoms with Crippen LogP contribution >= 0.6 is 0 Å². The van der Waals surface area contributed by atoms with E-state index < -0.39 is 0 Å². The van der Waals surface area contributed by atoms with E-state index in [1.807, 2.05) is 6.92 Å². The second kappa shape index (κ2) is 8.54. The van der Waals surface area contributed by atoms with Crippen molar-refractivity contribution in [3.05, 3.63) is 0 Å². The normalized spacial score (nSPS) is 22.5. The van der Waals surface area contributed by atoms with Gasteiger partial charge in [0.2, 0.25) is 0 Å². The molecule has 0 radical (unpaired) electrons. The van der Waals surface area contributed by atoms with E-state index in [2.05, 4.69) is 6.92 Å². The van der Waals surface area contributed by atoms with Crippen molar-refractivity contribution in [2.75, 3.05) is 0 Å². The van der Waals surface area contributed by atoms with Crippen molar-refractivity contribution in [1.82, 2.24) is 0 Å². The number of hydrogen-bond acceptors (Lipinski definition) is 2. The zero-order chi connectivity index (χ0) is 12.5. The van der Waals surface area contributed by atoms with Gasteiger partial charge < -0.3 is 4.74 Å². The molecule has 2 nitrogen and oxygen atoms in total. The van der Waals surface area contributed by atoms with E-state index in [9.17, 15) is 4.79 Å². The third kappa shape index (κ3) is 6.70. The summed E-state index contributed by atoms with van der Waals surface area (Å²) in [5, 5.41) is 0. The Morgan fingerprint density at radius 1 is 1.06 bits per heavy atom. The van der Waals surface area contributed by atoms with Gasteiger partial charge in [-0.15, -0.1) is 0 Å². The van der Waals surface area contributed by atoms with Crippen molar-refractivity contribution in [3.63, 3.8) is 0 Å². The summed E-state index contributed by atoms with van der Waals surface area (Å²) in [6.07, 6.45) is 12.7. The van der Waals surface area contributed by atoms with Gasteiger partial charge in [0.15, 0.2) is 0 Å². The standard InChI is InChI=1S/C15H28O2/c1-3-5-6-7-8-9-10-11-13-12-14(13)17-15(16)4-2/h13-14H,3-12H2,1-2H3. The third-order valence-electron chi connectivity index (χ3n) is 3.61. The van der Waals surface area contributed by atoms with Crippen LogP contribution in [0.2, 0.25) is 0 Å². The van der Waals surface area contributed by atoms with Crippen molar-refractivity contribution in [3.8, 4) is 0 Å². The average Bonchev–Trinajstić information content (AvgIpc) is 3.06. The molecule has 0 aromatic carbocycles. The summed E-state index contributed by atoms with van der Waals surface area (Å²) in [6, 6.07) is 0. The molecule has 0 aromatic rings. The zero-order valence-electron chi connectivity index (χ0n) is 11.5. The van der Waals surface area contributed by atoms with Crippen LogP contribution in [0.3, 0.4) is 0 Å². The monoisotopic (exact) mass is 240 g/mol. The molecule has 0 spiro atoms. The maximum absolute atomic E-state index is 11.1. The fourth-order valence-corrected chi connectivity index (χ4v) is 2.28. The zero-order valence-corrected chi connectivity index (χ0v) is 11.5. The van der Waals surface area contributed by atoms with Gasteiger partial charge in [0.1, 0.15) is 6.10 Å². The minimum absolute atomic E-state index is 0.0305. The molecule has 100 valence electrons. The Morgan fingerprint density at radius 2 is 1.71 bits per heavy atom. The topological polar surface area (TPSA) is 26.3 Å². The van der Waals surface area contributed by atoms with Gasteiger partial charge in [-0.2, -0.15) is 0 Å². The molecule has 0 saturated heterocycles. The number of unbranched alkanes of at least 4 members (excludes halogenated alkanes) is 6. The van der Waals surface area contributed by atoms with Crippen LogP contribution in [-0.4, -0.2) is 12.1 Å². The number of carbonyl (C=O) groups is 1.